The molecule has 0 aliphatic carbocycles. The Kier molecular flexibility index (Phi) is 5.60. The Bertz CT molecular complexity index is 862. The van der Waals surface area contributed by atoms with Gasteiger partial charge in [0.15, 0.2) is 0 Å². The lowest BCUT2D eigenvalue weighted by molar-refractivity contribution is -0.137. The molecule has 0 unspecified atom stereocenters. The Labute approximate surface area is 150 Å². The predicted octanol–water partition coefficient (Wildman–Crippen LogP) is 4.72. The van der Waals surface area contributed by atoms with E-state index in [0.29, 0.717) is 6.42 Å². The molecule has 0 bridgehead atoms. The average molecular weight is 355 g/mol. The van der Waals surface area contributed by atoms with Crippen LogP contribution >= 0.6 is 11.3 Å². The van der Waals surface area contributed by atoms with Crippen LogP contribution in [0.3, 0.4) is 0 Å². The molecule has 0 aliphatic heterocycles. The molecule has 130 valence electrons. The van der Waals surface area contributed by atoms with Crippen molar-refractivity contribution in [1.29, 1.82) is 0 Å². The van der Waals surface area contributed by atoms with Gasteiger partial charge in [-0.25, -0.2) is 9.97 Å². The molecule has 0 radical (unpaired) electrons. The summed E-state index contributed by atoms with van der Waals surface area (Å²) in [5.41, 5.74) is 2.36. The van der Waals surface area contributed by atoms with Gasteiger partial charge in [-0.15, -0.1) is 11.3 Å². The number of anilines is 1. The Hall–Kier alpha value is -2.47. The van der Waals surface area contributed by atoms with Gasteiger partial charge in [0.25, 0.3) is 0 Å². The fourth-order valence-corrected chi connectivity index (χ4v) is 3.93. The van der Waals surface area contributed by atoms with Crippen LogP contribution in [0.15, 0.2) is 36.7 Å². The molecule has 5 nitrogen and oxygen atoms in total. The average Bonchev–Trinajstić information content (AvgIpc) is 2.95. The van der Waals surface area contributed by atoms with Crippen LogP contribution in [-0.2, 0) is 4.79 Å². The third kappa shape index (κ3) is 4.14. The summed E-state index contributed by atoms with van der Waals surface area (Å²) in [6, 6.07) is 10.3. The van der Waals surface area contributed by atoms with Gasteiger partial charge in [0.2, 0.25) is 0 Å². The molecule has 2 heterocycles. The van der Waals surface area contributed by atoms with Crippen molar-refractivity contribution < 1.29 is 9.90 Å². The molecule has 3 rings (SSSR count). The number of rotatable bonds is 8. The lowest BCUT2D eigenvalue weighted by Gasteiger charge is -2.09. The third-order valence-electron chi connectivity index (χ3n) is 4.09. The van der Waals surface area contributed by atoms with Crippen LogP contribution < -0.4 is 5.32 Å². The van der Waals surface area contributed by atoms with Gasteiger partial charge in [0.05, 0.1) is 5.39 Å². The van der Waals surface area contributed by atoms with E-state index in [0.717, 1.165) is 35.4 Å². The van der Waals surface area contributed by atoms with E-state index in [1.807, 2.05) is 18.2 Å². The zero-order chi connectivity index (χ0) is 17.6. The van der Waals surface area contributed by atoms with E-state index >= 15 is 0 Å². The first-order valence-electron chi connectivity index (χ1n) is 8.42. The largest absolute Gasteiger partial charge is 0.481 e. The maximum Gasteiger partial charge on any atom is 0.303 e. The fraction of sp³-hybridized carbons (Fsp3) is 0.316. The maximum atomic E-state index is 10.5. The zero-order valence-electron chi connectivity index (χ0n) is 14.2. The minimum absolute atomic E-state index is 0.236. The predicted molar refractivity (Wildman–Crippen MR) is 102 cm³/mol. The number of hydrogen-bond acceptors (Lipinski definition) is 5. The second-order valence-corrected chi connectivity index (χ2v) is 7.14. The summed E-state index contributed by atoms with van der Waals surface area (Å²) < 4.78 is 0. The number of nitrogens with zero attached hydrogens (tertiary/aromatic N) is 2. The summed E-state index contributed by atoms with van der Waals surface area (Å²) in [4.78, 5) is 21.6. The van der Waals surface area contributed by atoms with E-state index in [1.165, 1.54) is 16.0 Å². The number of aliphatic carboxylic acids is 1. The van der Waals surface area contributed by atoms with Crippen molar-refractivity contribution in [1.82, 2.24) is 9.97 Å². The molecule has 0 amide bonds. The standard InChI is InChI=1S/C19H21N3O2S/c1-13-16(14-8-4-2-5-9-14)17-18(21-12-22-19(17)25-13)20-11-7-3-6-10-15(23)24/h2,4-5,8-9,12H,3,6-7,10-11H2,1H3,(H,23,24)(H,20,21,22). The van der Waals surface area contributed by atoms with Gasteiger partial charge in [-0.1, -0.05) is 36.8 Å². The Morgan fingerprint density at radius 2 is 1.96 bits per heavy atom. The molecule has 2 N–H and O–H groups in total. The van der Waals surface area contributed by atoms with Crippen LogP contribution in [0.5, 0.6) is 0 Å². The van der Waals surface area contributed by atoms with Crippen molar-refractivity contribution in [2.75, 3.05) is 11.9 Å². The van der Waals surface area contributed by atoms with Gasteiger partial charge in [0, 0.05) is 23.4 Å². The van der Waals surface area contributed by atoms with Gasteiger partial charge in [-0.3, -0.25) is 4.79 Å². The van der Waals surface area contributed by atoms with Crippen molar-refractivity contribution in [2.24, 2.45) is 0 Å². The van der Waals surface area contributed by atoms with Gasteiger partial charge < -0.3 is 10.4 Å². The Morgan fingerprint density at radius 3 is 2.72 bits per heavy atom. The number of carboxylic acid groups (broad SMARTS) is 1. The smallest absolute Gasteiger partial charge is 0.303 e. The summed E-state index contributed by atoms with van der Waals surface area (Å²) in [7, 11) is 0. The minimum Gasteiger partial charge on any atom is -0.481 e. The highest BCUT2D eigenvalue weighted by molar-refractivity contribution is 7.19. The number of benzene rings is 1. The monoisotopic (exact) mass is 355 g/mol. The first-order valence-corrected chi connectivity index (χ1v) is 9.23. The molecule has 0 saturated heterocycles. The van der Waals surface area contributed by atoms with Gasteiger partial charge in [-0.2, -0.15) is 0 Å². The Balaban J connectivity index is 1.78. The van der Waals surface area contributed by atoms with Crippen molar-refractivity contribution in [3.05, 3.63) is 41.5 Å². The summed E-state index contributed by atoms with van der Waals surface area (Å²) >= 11 is 1.68. The van der Waals surface area contributed by atoms with E-state index in [1.54, 1.807) is 17.7 Å². The lowest BCUT2D eigenvalue weighted by Crippen LogP contribution is -2.04. The van der Waals surface area contributed by atoms with Crippen molar-refractivity contribution >= 4 is 33.3 Å². The molecule has 0 fully saturated rings. The quantitative estimate of drug-likeness (QED) is 0.572. The number of aryl methyl sites for hydroxylation is 1. The van der Waals surface area contributed by atoms with Crippen molar-refractivity contribution in [3.8, 4) is 11.1 Å². The maximum absolute atomic E-state index is 10.5. The molecular weight excluding hydrogens is 334 g/mol. The first-order chi connectivity index (χ1) is 12.2. The molecule has 0 spiro atoms. The van der Waals surface area contributed by atoms with Crippen LogP contribution in [0.25, 0.3) is 21.3 Å². The van der Waals surface area contributed by atoms with Gasteiger partial charge in [0.1, 0.15) is 17.0 Å². The van der Waals surface area contributed by atoms with Gasteiger partial charge >= 0.3 is 5.97 Å². The number of thiophene rings is 1. The topological polar surface area (TPSA) is 75.1 Å². The molecule has 3 aromatic rings. The SMILES string of the molecule is Cc1sc2ncnc(NCCCCCC(=O)O)c2c1-c1ccccc1. The van der Waals surface area contributed by atoms with E-state index in [4.69, 9.17) is 5.11 Å². The summed E-state index contributed by atoms with van der Waals surface area (Å²) in [6.45, 7) is 2.89. The van der Waals surface area contributed by atoms with Gasteiger partial charge in [-0.05, 0) is 25.3 Å². The van der Waals surface area contributed by atoms with Crippen LogP contribution in [0, 0.1) is 6.92 Å². The van der Waals surface area contributed by atoms with E-state index in [2.05, 4.69) is 34.3 Å². The summed E-state index contributed by atoms with van der Waals surface area (Å²) in [5.74, 6) is 0.123. The normalized spacial score (nSPS) is 10.9. The van der Waals surface area contributed by atoms with Crippen LogP contribution in [-0.4, -0.2) is 27.6 Å². The van der Waals surface area contributed by atoms with Crippen molar-refractivity contribution in [2.45, 2.75) is 32.6 Å². The second-order valence-electron chi connectivity index (χ2n) is 5.93. The Morgan fingerprint density at radius 1 is 1.16 bits per heavy atom. The highest BCUT2D eigenvalue weighted by Crippen LogP contribution is 2.40. The fourth-order valence-electron chi connectivity index (χ4n) is 2.92. The van der Waals surface area contributed by atoms with E-state index in [9.17, 15) is 4.79 Å². The molecule has 2 aromatic heterocycles. The van der Waals surface area contributed by atoms with E-state index in [-0.39, 0.29) is 6.42 Å². The number of unbranched alkanes of at least 4 members (excludes halogenated alkanes) is 2. The summed E-state index contributed by atoms with van der Waals surface area (Å²) in [5, 5.41) is 13.2. The van der Waals surface area contributed by atoms with Crippen LogP contribution in [0.1, 0.15) is 30.6 Å². The van der Waals surface area contributed by atoms with Crippen molar-refractivity contribution in [3.63, 3.8) is 0 Å². The molecule has 1 aromatic carbocycles. The molecule has 25 heavy (non-hydrogen) atoms. The molecule has 0 saturated carbocycles. The summed E-state index contributed by atoms with van der Waals surface area (Å²) in [6.07, 6.45) is 4.35. The highest BCUT2D eigenvalue weighted by atomic mass is 32.1. The molecule has 6 heteroatoms. The van der Waals surface area contributed by atoms with E-state index < -0.39 is 5.97 Å². The second kappa shape index (κ2) is 8.07. The number of fused-ring (bicyclic) bond motifs is 1. The third-order valence-corrected chi connectivity index (χ3v) is 5.10. The van der Waals surface area contributed by atoms with Crippen LogP contribution in [0.4, 0.5) is 5.82 Å². The minimum atomic E-state index is -0.730. The zero-order valence-corrected chi connectivity index (χ0v) is 15.0. The number of carbonyl (C=O) groups is 1. The number of hydrogen-bond donors (Lipinski definition) is 2. The number of aromatic nitrogens is 2. The molecule has 0 aliphatic rings. The molecular formula is C19H21N3O2S. The molecule has 0 atom stereocenters. The lowest BCUT2D eigenvalue weighted by atomic mass is 10.0. The number of nitrogens with one attached hydrogen (secondary N) is 1. The number of carboxylic acids is 1. The highest BCUT2D eigenvalue weighted by Gasteiger charge is 2.16. The first kappa shape index (κ1) is 17.4. The van der Waals surface area contributed by atoms with Crippen LogP contribution in [0.2, 0.25) is 0 Å².